The first-order valence-corrected chi connectivity index (χ1v) is 15.1. The molecular formula is C42H29NS. The van der Waals surface area contributed by atoms with E-state index in [1.807, 2.05) is 36.4 Å². The van der Waals surface area contributed by atoms with Crippen LogP contribution < -0.4 is 4.90 Å². The largest absolute Gasteiger partial charge is 0.311 e. The van der Waals surface area contributed by atoms with Crippen molar-refractivity contribution in [3.05, 3.63) is 176 Å². The summed E-state index contributed by atoms with van der Waals surface area (Å²) in [5.41, 5.74) is 3.16. The van der Waals surface area contributed by atoms with Crippen LogP contribution in [0.2, 0.25) is 0 Å². The highest BCUT2D eigenvalue weighted by Gasteiger charge is 2.14. The number of fused-ring (bicyclic) bond motifs is 3. The second-order valence-electron chi connectivity index (χ2n) is 10.4. The Bertz CT molecular complexity index is 2490. The molecule has 0 fully saturated rings. The first-order chi connectivity index (χ1) is 25.2. The number of nitrogens with zero attached hydrogens (tertiary/aromatic N) is 1. The van der Waals surface area contributed by atoms with Crippen molar-refractivity contribution in [1.29, 1.82) is 0 Å². The Labute approximate surface area is 273 Å². The van der Waals surface area contributed by atoms with Crippen molar-refractivity contribution in [2.24, 2.45) is 0 Å². The number of hydrogen-bond acceptors (Lipinski definition) is 2. The van der Waals surface area contributed by atoms with Crippen molar-refractivity contribution in [2.45, 2.75) is 0 Å². The first kappa shape index (κ1) is 19.0. The van der Waals surface area contributed by atoms with Crippen molar-refractivity contribution < 1.29 is 11.0 Å². The fourth-order valence-electron chi connectivity index (χ4n) is 5.41. The quantitative estimate of drug-likeness (QED) is 0.187. The fourth-order valence-corrected chi connectivity index (χ4v) is 6.50. The molecular weight excluding hydrogens is 551 g/mol. The van der Waals surface area contributed by atoms with Gasteiger partial charge in [0.25, 0.3) is 0 Å². The van der Waals surface area contributed by atoms with E-state index >= 15 is 0 Å². The third-order valence-corrected chi connectivity index (χ3v) is 8.78. The van der Waals surface area contributed by atoms with Crippen molar-refractivity contribution >= 4 is 48.6 Å². The van der Waals surface area contributed by atoms with Gasteiger partial charge in [0.05, 0.1) is 11.0 Å². The maximum absolute atomic E-state index is 9.23. The molecule has 0 saturated heterocycles. The lowest BCUT2D eigenvalue weighted by Gasteiger charge is -2.26. The van der Waals surface area contributed by atoms with Gasteiger partial charge in [-0.25, -0.2) is 0 Å². The van der Waals surface area contributed by atoms with Gasteiger partial charge < -0.3 is 4.90 Å². The van der Waals surface area contributed by atoms with E-state index in [-0.39, 0.29) is 70.8 Å². The van der Waals surface area contributed by atoms with Crippen LogP contribution in [0.3, 0.4) is 0 Å². The maximum Gasteiger partial charge on any atom is 0.0645 e. The third kappa shape index (κ3) is 4.96. The highest BCUT2D eigenvalue weighted by atomic mass is 32.1. The molecule has 0 radical (unpaired) electrons. The molecule has 0 saturated carbocycles. The van der Waals surface area contributed by atoms with Gasteiger partial charge in [-0.3, -0.25) is 0 Å². The van der Waals surface area contributed by atoms with Crippen LogP contribution in [-0.2, 0) is 0 Å². The topological polar surface area (TPSA) is 3.24 Å². The summed E-state index contributed by atoms with van der Waals surface area (Å²) in [7, 11) is 0. The smallest absolute Gasteiger partial charge is 0.0645 e. The number of rotatable bonds is 6. The molecule has 0 aliphatic heterocycles. The van der Waals surface area contributed by atoms with Gasteiger partial charge in [-0.1, -0.05) is 121 Å². The summed E-state index contributed by atoms with van der Waals surface area (Å²) in [4.78, 5) is 1.34. The number of benzene rings is 7. The molecule has 0 atom stereocenters. The Balaban J connectivity index is 1.34. The zero-order valence-electron chi connectivity index (χ0n) is 31.5. The molecule has 2 heteroatoms. The summed E-state index contributed by atoms with van der Waals surface area (Å²) in [5.74, 6) is 0. The SMILES string of the molecule is [2H]c1c([2H])c(N(c2ccc(-c3ccc4sc5ccccc5c4c3)cc2)c2c([2H])c([2H])c(-c3ccccc3)c([2H])c2[2H])c([2H])c([2H])c1-c1ccccc1. The average Bonchev–Trinajstić information content (AvgIpc) is 3.55. The van der Waals surface area contributed by atoms with Gasteiger partial charge >= 0.3 is 0 Å². The summed E-state index contributed by atoms with van der Waals surface area (Å²) in [6, 6.07) is 36.8. The Kier molecular flexibility index (Phi) is 4.88. The van der Waals surface area contributed by atoms with Crippen LogP contribution in [0, 0.1) is 0 Å². The second-order valence-corrected chi connectivity index (χ2v) is 11.5. The van der Waals surface area contributed by atoms with Gasteiger partial charge in [0, 0.05) is 37.2 Å². The van der Waals surface area contributed by atoms with Crippen LogP contribution in [0.1, 0.15) is 11.0 Å². The predicted octanol–water partition coefficient (Wildman–Crippen LogP) is 12.5. The zero-order valence-corrected chi connectivity index (χ0v) is 24.3. The summed E-state index contributed by atoms with van der Waals surface area (Å²) in [6.45, 7) is 0. The average molecular weight is 588 g/mol. The zero-order chi connectivity index (χ0) is 36.3. The molecule has 44 heavy (non-hydrogen) atoms. The van der Waals surface area contributed by atoms with E-state index in [0.29, 0.717) is 16.8 Å². The minimum absolute atomic E-state index is 0.130. The minimum Gasteiger partial charge on any atom is -0.311 e. The summed E-state index contributed by atoms with van der Waals surface area (Å²) >= 11 is 1.74. The molecule has 0 spiro atoms. The summed E-state index contributed by atoms with van der Waals surface area (Å²) < 4.78 is 75.5. The van der Waals surface area contributed by atoms with Crippen LogP contribution in [0.25, 0.3) is 53.6 Å². The molecule has 208 valence electrons. The first-order valence-electron chi connectivity index (χ1n) is 18.3. The van der Waals surface area contributed by atoms with Crippen LogP contribution in [0.5, 0.6) is 0 Å². The number of hydrogen-bond donors (Lipinski definition) is 0. The lowest BCUT2D eigenvalue weighted by molar-refractivity contribution is 1.28. The Hall–Kier alpha value is -5.44. The maximum atomic E-state index is 9.23. The van der Waals surface area contributed by atoms with E-state index in [9.17, 15) is 5.48 Å². The lowest BCUT2D eigenvalue weighted by atomic mass is 10.0. The van der Waals surface area contributed by atoms with Gasteiger partial charge in [0.2, 0.25) is 0 Å². The third-order valence-electron chi connectivity index (χ3n) is 7.63. The van der Waals surface area contributed by atoms with Crippen molar-refractivity contribution in [3.63, 3.8) is 0 Å². The van der Waals surface area contributed by atoms with Gasteiger partial charge in [0.15, 0.2) is 0 Å². The van der Waals surface area contributed by atoms with Gasteiger partial charge in [-0.05, 0) is 87.9 Å². The normalized spacial score (nSPS) is 13.7. The highest BCUT2D eigenvalue weighted by Crippen LogP contribution is 2.39. The molecule has 8 rings (SSSR count). The molecule has 0 N–H and O–H groups in total. The molecule has 0 aliphatic rings. The summed E-state index contributed by atoms with van der Waals surface area (Å²) in [6.07, 6.45) is 0. The molecule has 0 unspecified atom stereocenters. The molecule has 1 heterocycles. The van der Waals surface area contributed by atoms with Crippen molar-refractivity contribution in [2.75, 3.05) is 4.90 Å². The van der Waals surface area contributed by atoms with E-state index in [2.05, 4.69) is 30.3 Å². The number of anilines is 3. The molecule has 0 aliphatic carbocycles. The molecule has 0 amide bonds. The van der Waals surface area contributed by atoms with Crippen LogP contribution in [-0.4, -0.2) is 0 Å². The monoisotopic (exact) mass is 587 g/mol. The molecule has 1 nitrogen and oxygen atoms in total. The van der Waals surface area contributed by atoms with E-state index < -0.39 is 0 Å². The Morgan fingerprint density at radius 1 is 0.364 bits per heavy atom. The van der Waals surface area contributed by atoms with Gasteiger partial charge in [-0.2, -0.15) is 0 Å². The number of thiophene rings is 1. The highest BCUT2D eigenvalue weighted by molar-refractivity contribution is 7.25. The standard InChI is InChI=1S/C42H29NS/c1-3-9-30(10-4-1)32-15-22-36(23-16-32)43(37-24-17-33(18-25-37)31-11-5-2-6-12-31)38-26-19-34(20-27-38)35-21-28-42-40(29-35)39-13-7-8-14-41(39)44-42/h1-29H/i15D,16D,17D,18D,22D,23D,24D,25D. The molecule has 1 aromatic heterocycles. The second kappa shape index (κ2) is 11.3. The van der Waals surface area contributed by atoms with Crippen molar-refractivity contribution in [1.82, 2.24) is 0 Å². The van der Waals surface area contributed by atoms with E-state index in [1.54, 1.807) is 72.0 Å². The van der Waals surface area contributed by atoms with Gasteiger partial charge in [0.1, 0.15) is 0 Å². The van der Waals surface area contributed by atoms with Gasteiger partial charge in [-0.15, -0.1) is 11.3 Å². The lowest BCUT2D eigenvalue weighted by Crippen LogP contribution is -2.09. The Morgan fingerprint density at radius 2 is 0.841 bits per heavy atom. The predicted molar refractivity (Wildman–Crippen MR) is 190 cm³/mol. The van der Waals surface area contributed by atoms with E-state index in [0.717, 1.165) is 16.5 Å². The van der Waals surface area contributed by atoms with Crippen LogP contribution in [0.4, 0.5) is 17.1 Å². The van der Waals surface area contributed by atoms with E-state index in [4.69, 9.17) is 5.48 Å². The van der Waals surface area contributed by atoms with Crippen molar-refractivity contribution in [3.8, 4) is 33.4 Å². The Morgan fingerprint density at radius 3 is 1.43 bits per heavy atom. The summed E-state index contributed by atoms with van der Waals surface area (Å²) in [5, 5.41) is 2.32. The minimum atomic E-state index is -0.372. The van der Waals surface area contributed by atoms with E-state index in [1.165, 1.54) is 19.7 Å². The molecule has 0 bridgehead atoms. The molecule has 8 aromatic rings. The van der Waals surface area contributed by atoms with Crippen LogP contribution in [0.15, 0.2) is 176 Å². The van der Waals surface area contributed by atoms with Crippen LogP contribution >= 0.6 is 11.3 Å². The fraction of sp³-hybridized carbons (Fsp3) is 0. The molecule has 7 aromatic carbocycles.